The lowest BCUT2D eigenvalue weighted by Crippen LogP contribution is -2.10. The highest BCUT2D eigenvalue weighted by Gasteiger charge is 2.05. The maximum absolute atomic E-state index is 9.17. The van der Waals surface area contributed by atoms with Crippen molar-refractivity contribution < 1.29 is 9.84 Å². The average molecular weight is 277 g/mol. The number of nitrogens with one attached hydrogen (secondary N) is 1. The number of ether oxygens (including phenoxy) is 1. The maximum atomic E-state index is 9.17. The number of nitrogen functional groups attached to an aromatic ring is 1. The van der Waals surface area contributed by atoms with Crippen molar-refractivity contribution >= 4 is 17.4 Å². The first-order chi connectivity index (χ1) is 9.06. The molecule has 2 aromatic rings. The Hall–Kier alpha value is -2.20. The molecule has 0 aliphatic rings. The number of phenolic OH excluding ortho intramolecular Hbond substituents is 1. The highest BCUT2D eigenvalue weighted by molar-refractivity contribution is 6.32. The number of amidine groups is 1. The van der Waals surface area contributed by atoms with Crippen LogP contribution in [0.3, 0.4) is 0 Å². The first-order valence-corrected chi connectivity index (χ1v) is 5.98. The molecule has 0 saturated carbocycles. The Morgan fingerprint density at radius 1 is 1.21 bits per heavy atom. The summed E-state index contributed by atoms with van der Waals surface area (Å²) in [5.41, 5.74) is 6.85. The fourth-order valence-electron chi connectivity index (χ4n) is 1.54. The van der Waals surface area contributed by atoms with Crippen LogP contribution in [-0.4, -0.2) is 10.9 Å². The summed E-state index contributed by atoms with van der Waals surface area (Å²) in [6.45, 7) is 0.347. The molecule has 0 fully saturated rings. The summed E-state index contributed by atoms with van der Waals surface area (Å²) < 4.78 is 5.57. The van der Waals surface area contributed by atoms with E-state index in [1.807, 2.05) is 0 Å². The van der Waals surface area contributed by atoms with Crippen LogP contribution in [0.1, 0.15) is 11.1 Å². The van der Waals surface area contributed by atoms with Crippen molar-refractivity contribution in [3.05, 3.63) is 58.6 Å². The second-order valence-electron chi connectivity index (χ2n) is 4.01. The van der Waals surface area contributed by atoms with Crippen LogP contribution >= 0.6 is 11.6 Å². The minimum atomic E-state index is -0.0352. The lowest BCUT2D eigenvalue weighted by Gasteiger charge is -2.09. The predicted molar refractivity (Wildman–Crippen MR) is 74.9 cm³/mol. The Kier molecular flexibility index (Phi) is 3.92. The summed E-state index contributed by atoms with van der Waals surface area (Å²) in [7, 11) is 0. The molecule has 0 atom stereocenters. The van der Waals surface area contributed by atoms with Crippen LogP contribution < -0.4 is 10.5 Å². The van der Waals surface area contributed by atoms with Gasteiger partial charge in [0.05, 0.1) is 5.02 Å². The Balaban J connectivity index is 2.07. The lowest BCUT2D eigenvalue weighted by atomic mass is 10.2. The van der Waals surface area contributed by atoms with Gasteiger partial charge in [0.25, 0.3) is 0 Å². The van der Waals surface area contributed by atoms with Crippen molar-refractivity contribution in [1.29, 1.82) is 5.41 Å². The van der Waals surface area contributed by atoms with Gasteiger partial charge in [0.1, 0.15) is 23.9 Å². The molecule has 0 aliphatic carbocycles. The molecule has 0 saturated heterocycles. The van der Waals surface area contributed by atoms with E-state index in [1.54, 1.807) is 42.5 Å². The van der Waals surface area contributed by atoms with Gasteiger partial charge >= 0.3 is 0 Å². The highest BCUT2D eigenvalue weighted by Crippen LogP contribution is 2.26. The van der Waals surface area contributed by atoms with Crippen molar-refractivity contribution in [3.63, 3.8) is 0 Å². The number of halogens is 1. The third kappa shape index (κ3) is 3.39. The molecular weight excluding hydrogens is 264 g/mol. The number of rotatable bonds is 4. The Bertz CT molecular complexity index is 597. The minimum absolute atomic E-state index is 0.0352. The summed E-state index contributed by atoms with van der Waals surface area (Å²) >= 11 is 6.05. The number of hydrogen-bond acceptors (Lipinski definition) is 3. The quantitative estimate of drug-likeness (QED) is 0.593. The Morgan fingerprint density at radius 2 is 1.89 bits per heavy atom. The molecule has 0 heterocycles. The number of benzene rings is 2. The van der Waals surface area contributed by atoms with Gasteiger partial charge in [-0.2, -0.15) is 0 Å². The van der Waals surface area contributed by atoms with Gasteiger partial charge in [-0.25, -0.2) is 0 Å². The average Bonchev–Trinajstić information content (AvgIpc) is 2.39. The number of aromatic hydroxyl groups is 1. The molecule has 2 rings (SSSR count). The predicted octanol–water partition coefficient (Wildman–Crippen LogP) is 2.91. The smallest absolute Gasteiger partial charge is 0.138 e. The number of nitrogens with two attached hydrogens (primary N) is 1. The maximum Gasteiger partial charge on any atom is 0.138 e. The van der Waals surface area contributed by atoms with Gasteiger partial charge in [0, 0.05) is 5.56 Å². The second kappa shape index (κ2) is 5.63. The Labute approximate surface area is 115 Å². The van der Waals surface area contributed by atoms with Crippen LogP contribution in [0.25, 0.3) is 0 Å². The van der Waals surface area contributed by atoms with Crippen LogP contribution in [0.2, 0.25) is 5.02 Å². The van der Waals surface area contributed by atoms with E-state index in [2.05, 4.69) is 0 Å². The zero-order valence-corrected chi connectivity index (χ0v) is 10.8. The van der Waals surface area contributed by atoms with Gasteiger partial charge in [-0.05, 0) is 35.9 Å². The van der Waals surface area contributed by atoms with E-state index < -0.39 is 0 Å². The van der Waals surface area contributed by atoms with Gasteiger partial charge in [0.15, 0.2) is 0 Å². The van der Waals surface area contributed by atoms with Gasteiger partial charge in [-0.1, -0.05) is 23.7 Å². The fourth-order valence-corrected chi connectivity index (χ4v) is 1.77. The molecule has 0 aromatic heterocycles. The third-order valence-electron chi connectivity index (χ3n) is 2.57. The number of phenols is 1. The van der Waals surface area contributed by atoms with Crippen molar-refractivity contribution in [2.75, 3.05) is 0 Å². The molecule has 0 radical (unpaired) electrons. The van der Waals surface area contributed by atoms with Gasteiger partial charge in [0.2, 0.25) is 0 Å². The molecule has 5 heteroatoms. The second-order valence-corrected chi connectivity index (χ2v) is 4.42. The standard InChI is InChI=1S/C14H13ClN2O2/c15-12-7-10(14(16)17)3-6-13(12)19-8-9-1-4-11(18)5-2-9/h1-7,18H,8H2,(H3,16,17). The first-order valence-electron chi connectivity index (χ1n) is 5.61. The molecule has 2 aromatic carbocycles. The van der Waals surface area contributed by atoms with Crippen molar-refractivity contribution in [1.82, 2.24) is 0 Å². The van der Waals surface area contributed by atoms with Crippen LogP contribution in [0, 0.1) is 5.41 Å². The van der Waals surface area contributed by atoms with Crippen LogP contribution in [0.5, 0.6) is 11.5 Å². The van der Waals surface area contributed by atoms with Crippen molar-refractivity contribution in [2.45, 2.75) is 6.61 Å². The van der Waals surface area contributed by atoms with Crippen molar-refractivity contribution in [2.24, 2.45) is 5.73 Å². The molecule has 19 heavy (non-hydrogen) atoms. The SMILES string of the molecule is N=C(N)c1ccc(OCc2ccc(O)cc2)c(Cl)c1. The normalized spacial score (nSPS) is 10.2. The van der Waals surface area contributed by atoms with Crippen LogP contribution in [0.15, 0.2) is 42.5 Å². The topological polar surface area (TPSA) is 79.3 Å². The van der Waals surface area contributed by atoms with E-state index in [1.165, 1.54) is 0 Å². The Morgan fingerprint density at radius 3 is 2.47 bits per heavy atom. The van der Waals surface area contributed by atoms with Gasteiger partial charge < -0.3 is 15.6 Å². The van der Waals surface area contributed by atoms with Gasteiger partial charge in [-0.3, -0.25) is 5.41 Å². The van der Waals surface area contributed by atoms with Crippen molar-refractivity contribution in [3.8, 4) is 11.5 Å². The molecule has 0 spiro atoms. The van der Waals surface area contributed by atoms with Crippen LogP contribution in [0.4, 0.5) is 0 Å². The first kappa shape index (κ1) is 13.2. The lowest BCUT2D eigenvalue weighted by molar-refractivity contribution is 0.306. The zero-order chi connectivity index (χ0) is 13.8. The summed E-state index contributed by atoms with van der Waals surface area (Å²) in [5, 5.41) is 16.9. The third-order valence-corrected chi connectivity index (χ3v) is 2.87. The molecule has 0 amide bonds. The molecule has 98 valence electrons. The summed E-state index contributed by atoms with van der Waals surface area (Å²) in [4.78, 5) is 0. The monoisotopic (exact) mass is 276 g/mol. The molecule has 0 aliphatic heterocycles. The van der Waals surface area contributed by atoms with E-state index in [-0.39, 0.29) is 11.6 Å². The minimum Gasteiger partial charge on any atom is -0.508 e. The number of hydrogen-bond donors (Lipinski definition) is 3. The van der Waals surface area contributed by atoms with E-state index in [0.717, 1.165) is 5.56 Å². The molecule has 0 bridgehead atoms. The molecule has 0 unspecified atom stereocenters. The summed E-state index contributed by atoms with van der Waals surface area (Å²) in [6, 6.07) is 11.7. The van der Waals surface area contributed by atoms with Gasteiger partial charge in [-0.15, -0.1) is 0 Å². The zero-order valence-electron chi connectivity index (χ0n) is 10.1. The summed E-state index contributed by atoms with van der Waals surface area (Å²) in [6.07, 6.45) is 0. The van der Waals surface area contributed by atoms with E-state index in [4.69, 9.17) is 27.5 Å². The highest BCUT2D eigenvalue weighted by atomic mass is 35.5. The summed E-state index contributed by atoms with van der Waals surface area (Å²) in [5.74, 6) is 0.708. The van der Waals surface area contributed by atoms with E-state index >= 15 is 0 Å². The molecule has 4 N–H and O–H groups in total. The van der Waals surface area contributed by atoms with E-state index in [0.29, 0.717) is 22.9 Å². The fraction of sp³-hybridized carbons (Fsp3) is 0.0714. The molecular formula is C14H13ClN2O2. The van der Waals surface area contributed by atoms with Crippen LogP contribution in [-0.2, 0) is 6.61 Å². The largest absolute Gasteiger partial charge is 0.508 e. The van der Waals surface area contributed by atoms with E-state index in [9.17, 15) is 5.11 Å². The molecule has 4 nitrogen and oxygen atoms in total.